The van der Waals surface area contributed by atoms with Crippen LogP contribution in [-0.2, 0) is 0 Å². The number of phenols is 1. The number of carbonyl (C=O) groups is 1. The topological polar surface area (TPSA) is 80.9 Å². The lowest BCUT2D eigenvalue weighted by atomic mass is 10.0. The summed E-state index contributed by atoms with van der Waals surface area (Å²) in [6, 6.07) is 10.3. The quantitative estimate of drug-likeness (QED) is 0.575. The molecule has 0 saturated heterocycles. The molecule has 0 aliphatic carbocycles. The van der Waals surface area contributed by atoms with E-state index in [2.05, 4.69) is 15.1 Å². The van der Waals surface area contributed by atoms with E-state index in [9.17, 15) is 14.3 Å². The molecule has 0 radical (unpaired) electrons. The van der Waals surface area contributed by atoms with Crippen molar-refractivity contribution in [1.29, 1.82) is 0 Å². The third-order valence-electron chi connectivity index (χ3n) is 4.04. The van der Waals surface area contributed by atoms with Gasteiger partial charge < -0.3 is 5.11 Å². The van der Waals surface area contributed by atoms with Gasteiger partial charge in [-0.05, 0) is 43.3 Å². The molecule has 0 bridgehead atoms. The molecule has 3 heterocycles. The number of pyridine rings is 2. The van der Waals surface area contributed by atoms with Crippen LogP contribution in [0.5, 0.6) is 5.75 Å². The Morgan fingerprint density at radius 1 is 1.15 bits per heavy atom. The highest BCUT2D eigenvalue weighted by atomic mass is 19.1. The molecule has 0 unspecified atom stereocenters. The van der Waals surface area contributed by atoms with Crippen LogP contribution in [0.3, 0.4) is 0 Å². The van der Waals surface area contributed by atoms with Gasteiger partial charge in [0.05, 0.1) is 11.3 Å². The summed E-state index contributed by atoms with van der Waals surface area (Å²) in [5.74, 6) is -0.780. The summed E-state index contributed by atoms with van der Waals surface area (Å²) in [4.78, 5) is 21.2. The molecule has 6 nitrogen and oxygen atoms in total. The van der Waals surface area contributed by atoms with Crippen molar-refractivity contribution in [3.8, 4) is 11.6 Å². The van der Waals surface area contributed by atoms with Gasteiger partial charge in [-0.2, -0.15) is 9.78 Å². The van der Waals surface area contributed by atoms with Crippen LogP contribution in [0.1, 0.15) is 21.6 Å². The molecule has 7 heteroatoms. The van der Waals surface area contributed by atoms with Gasteiger partial charge in [-0.3, -0.25) is 4.79 Å². The predicted molar refractivity (Wildman–Crippen MR) is 92.9 cm³/mol. The SMILES string of the molecule is Cc1nn(-c2ccccn2)c2ncc(C(=O)c3cc(F)ccc3O)cc12. The van der Waals surface area contributed by atoms with Crippen molar-refractivity contribution in [2.24, 2.45) is 0 Å². The number of fused-ring (bicyclic) bond motifs is 1. The fraction of sp³-hybridized carbons (Fsp3) is 0.0526. The van der Waals surface area contributed by atoms with Crippen LogP contribution in [-0.4, -0.2) is 30.6 Å². The van der Waals surface area contributed by atoms with Gasteiger partial charge in [-0.15, -0.1) is 0 Å². The van der Waals surface area contributed by atoms with Crippen LogP contribution in [0.4, 0.5) is 4.39 Å². The van der Waals surface area contributed by atoms with E-state index >= 15 is 0 Å². The third kappa shape index (κ3) is 2.59. The zero-order valence-electron chi connectivity index (χ0n) is 13.7. The van der Waals surface area contributed by atoms with E-state index in [-0.39, 0.29) is 16.9 Å². The van der Waals surface area contributed by atoms with E-state index < -0.39 is 11.6 Å². The van der Waals surface area contributed by atoms with Crippen molar-refractivity contribution in [2.45, 2.75) is 6.92 Å². The number of aromatic nitrogens is 4. The molecule has 3 aromatic heterocycles. The van der Waals surface area contributed by atoms with Gasteiger partial charge in [0.1, 0.15) is 11.6 Å². The largest absolute Gasteiger partial charge is 0.507 e. The minimum Gasteiger partial charge on any atom is -0.507 e. The molecule has 26 heavy (non-hydrogen) atoms. The lowest BCUT2D eigenvalue weighted by Crippen LogP contribution is -2.04. The number of hydrogen-bond acceptors (Lipinski definition) is 5. The summed E-state index contributed by atoms with van der Waals surface area (Å²) in [5.41, 5.74) is 1.36. The Bertz CT molecular complexity index is 1140. The highest BCUT2D eigenvalue weighted by molar-refractivity contribution is 6.11. The molecule has 4 rings (SSSR count). The molecule has 0 amide bonds. The Balaban J connectivity index is 1.83. The van der Waals surface area contributed by atoms with Crippen LogP contribution in [0.25, 0.3) is 16.9 Å². The maximum Gasteiger partial charge on any atom is 0.198 e. The van der Waals surface area contributed by atoms with Gasteiger partial charge in [0.2, 0.25) is 0 Å². The third-order valence-corrected chi connectivity index (χ3v) is 4.04. The predicted octanol–water partition coefficient (Wildman–Crippen LogP) is 3.20. The maximum atomic E-state index is 13.4. The van der Waals surface area contributed by atoms with Gasteiger partial charge in [0.25, 0.3) is 0 Å². The van der Waals surface area contributed by atoms with Gasteiger partial charge in [-0.25, -0.2) is 14.4 Å². The number of rotatable bonds is 3. The lowest BCUT2D eigenvalue weighted by Gasteiger charge is -2.05. The summed E-state index contributed by atoms with van der Waals surface area (Å²) in [6.07, 6.45) is 3.04. The van der Waals surface area contributed by atoms with Gasteiger partial charge >= 0.3 is 0 Å². The fourth-order valence-electron chi connectivity index (χ4n) is 2.75. The number of hydrogen-bond donors (Lipinski definition) is 1. The monoisotopic (exact) mass is 348 g/mol. The van der Waals surface area contributed by atoms with Crippen LogP contribution in [0, 0.1) is 12.7 Å². The number of benzene rings is 1. The average molecular weight is 348 g/mol. The summed E-state index contributed by atoms with van der Waals surface area (Å²) in [6.45, 7) is 1.80. The molecular weight excluding hydrogens is 335 g/mol. The zero-order chi connectivity index (χ0) is 18.3. The second kappa shape index (κ2) is 6.03. The number of ketones is 1. The molecule has 0 spiro atoms. The summed E-state index contributed by atoms with van der Waals surface area (Å²) in [7, 11) is 0. The van der Waals surface area contributed by atoms with Crippen LogP contribution in [0.2, 0.25) is 0 Å². The first-order valence-corrected chi connectivity index (χ1v) is 7.84. The van der Waals surface area contributed by atoms with Crippen LogP contribution < -0.4 is 0 Å². The van der Waals surface area contributed by atoms with Crippen molar-refractivity contribution in [1.82, 2.24) is 19.7 Å². The number of aryl methyl sites for hydroxylation is 1. The van der Waals surface area contributed by atoms with E-state index in [1.54, 1.807) is 36.0 Å². The number of nitrogens with zero attached hydrogens (tertiary/aromatic N) is 4. The molecule has 1 N–H and O–H groups in total. The summed E-state index contributed by atoms with van der Waals surface area (Å²) < 4.78 is 15.0. The Kier molecular flexibility index (Phi) is 3.69. The Morgan fingerprint density at radius 2 is 2.00 bits per heavy atom. The highest BCUT2D eigenvalue weighted by Gasteiger charge is 2.18. The van der Waals surface area contributed by atoms with Crippen molar-refractivity contribution in [3.05, 3.63) is 77.5 Å². The minimum absolute atomic E-state index is 0.110. The second-order valence-corrected chi connectivity index (χ2v) is 5.77. The van der Waals surface area contributed by atoms with Crippen molar-refractivity contribution < 1.29 is 14.3 Å². The first-order valence-electron chi connectivity index (χ1n) is 7.84. The fourth-order valence-corrected chi connectivity index (χ4v) is 2.75. The number of halogens is 1. The molecule has 4 aromatic rings. The van der Waals surface area contributed by atoms with Crippen LogP contribution >= 0.6 is 0 Å². The normalized spacial score (nSPS) is 11.0. The van der Waals surface area contributed by atoms with Gasteiger partial charge in [0, 0.05) is 23.3 Å². The molecule has 0 saturated carbocycles. The number of aromatic hydroxyl groups is 1. The lowest BCUT2D eigenvalue weighted by molar-refractivity contribution is 0.103. The first-order chi connectivity index (χ1) is 12.5. The summed E-state index contributed by atoms with van der Waals surface area (Å²) in [5, 5.41) is 15.0. The molecule has 0 fully saturated rings. The summed E-state index contributed by atoms with van der Waals surface area (Å²) >= 11 is 0. The molecule has 0 aliphatic rings. The van der Waals surface area contributed by atoms with Crippen molar-refractivity contribution in [2.75, 3.05) is 0 Å². The van der Waals surface area contributed by atoms with E-state index in [0.29, 0.717) is 22.5 Å². The standard InChI is InChI=1S/C19H13FN4O2/c1-11-14-8-12(18(26)15-9-13(20)5-6-16(15)25)10-22-19(14)24(23-11)17-4-2-3-7-21-17/h2-10,25H,1H3. The Hall–Kier alpha value is -3.61. The van der Waals surface area contributed by atoms with E-state index in [0.717, 1.165) is 18.2 Å². The number of carbonyl (C=O) groups excluding carboxylic acids is 1. The van der Waals surface area contributed by atoms with E-state index in [4.69, 9.17) is 0 Å². The zero-order valence-corrected chi connectivity index (χ0v) is 13.7. The maximum absolute atomic E-state index is 13.4. The highest BCUT2D eigenvalue weighted by Crippen LogP contribution is 2.25. The van der Waals surface area contributed by atoms with Crippen LogP contribution in [0.15, 0.2) is 54.9 Å². The van der Waals surface area contributed by atoms with Crippen molar-refractivity contribution in [3.63, 3.8) is 0 Å². The van der Waals surface area contributed by atoms with Gasteiger partial charge in [-0.1, -0.05) is 6.07 Å². The first kappa shape index (κ1) is 15.9. The molecular formula is C19H13FN4O2. The Labute approximate surface area is 147 Å². The molecule has 128 valence electrons. The van der Waals surface area contributed by atoms with Gasteiger partial charge in [0.15, 0.2) is 17.2 Å². The molecule has 1 aromatic carbocycles. The average Bonchev–Trinajstić information content (AvgIpc) is 3.00. The van der Waals surface area contributed by atoms with E-state index in [1.165, 1.54) is 6.20 Å². The van der Waals surface area contributed by atoms with E-state index in [1.807, 2.05) is 6.07 Å². The smallest absolute Gasteiger partial charge is 0.198 e. The number of phenolic OH excluding ortho intramolecular Hbond substituents is 1. The second-order valence-electron chi connectivity index (χ2n) is 5.77. The molecule has 0 atom stereocenters. The van der Waals surface area contributed by atoms with Crippen molar-refractivity contribution >= 4 is 16.8 Å². The Morgan fingerprint density at radius 3 is 2.77 bits per heavy atom. The minimum atomic E-state index is -0.598. The molecule has 0 aliphatic heterocycles.